The van der Waals surface area contributed by atoms with Crippen molar-refractivity contribution in [2.45, 2.75) is 12.5 Å². The molecule has 1 atom stereocenters. The minimum absolute atomic E-state index is 0.401. The molecule has 82 valence electrons. The molecule has 0 aliphatic carbocycles. The van der Waals surface area contributed by atoms with Gasteiger partial charge in [-0.25, -0.2) is 0 Å². The van der Waals surface area contributed by atoms with E-state index in [0.29, 0.717) is 11.8 Å². The SMILES string of the molecule is CN(C)C1CCN(c2ccc(C=O)o2)C1. The number of carbonyl (C=O) groups excluding carboxylic acids is 1. The summed E-state index contributed by atoms with van der Waals surface area (Å²) in [4.78, 5) is 14.9. The van der Waals surface area contributed by atoms with Crippen LogP contribution in [0.25, 0.3) is 0 Å². The van der Waals surface area contributed by atoms with Crippen molar-refractivity contribution in [3.05, 3.63) is 17.9 Å². The summed E-state index contributed by atoms with van der Waals surface area (Å²) >= 11 is 0. The summed E-state index contributed by atoms with van der Waals surface area (Å²) < 4.78 is 5.38. The van der Waals surface area contributed by atoms with Crippen LogP contribution < -0.4 is 4.90 Å². The van der Waals surface area contributed by atoms with Crippen molar-refractivity contribution in [3.63, 3.8) is 0 Å². The predicted molar refractivity (Wildman–Crippen MR) is 58.4 cm³/mol. The highest BCUT2D eigenvalue weighted by Crippen LogP contribution is 2.23. The van der Waals surface area contributed by atoms with Crippen LogP contribution in [0.5, 0.6) is 0 Å². The third kappa shape index (κ3) is 2.04. The lowest BCUT2D eigenvalue weighted by atomic mass is 10.2. The van der Waals surface area contributed by atoms with Crippen LogP contribution in [-0.4, -0.2) is 44.4 Å². The van der Waals surface area contributed by atoms with Crippen LogP contribution in [0.2, 0.25) is 0 Å². The van der Waals surface area contributed by atoms with Gasteiger partial charge in [-0.1, -0.05) is 0 Å². The van der Waals surface area contributed by atoms with E-state index >= 15 is 0 Å². The van der Waals surface area contributed by atoms with Crippen molar-refractivity contribution >= 4 is 12.2 Å². The smallest absolute Gasteiger partial charge is 0.196 e. The number of carbonyl (C=O) groups is 1. The average Bonchev–Trinajstić information content (AvgIpc) is 2.86. The van der Waals surface area contributed by atoms with Gasteiger partial charge in [-0.2, -0.15) is 0 Å². The first kappa shape index (κ1) is 10.2. The van der Waals surface area contributed by atoms with E-state index < -0.39 is 0 Å². The van der Waals surface area contributed by atoms with Crippen molar-refractivity contribution in [1.29, 1.82) is 0 Å². The fourth-order valence-electron chi connectivity index (χ4n) is 1.94. The highest BCUT2D eigenvalue weighted by atomic mass is 16.4. The van der Waals surface area contributed by atoms with Crippen molar-refractivity contribution in [2.24, 2.45) is 0 Å². The Bertz CT molecular complexity index is 346. The van der Waals surface area contributed by atoms with Gasteiger partial charge in [0.1, 0.15) is 0 Å². The topological polar surface area (TPSA) is 36.7 Å². The van der Waals surface area contributed by atoms with Gasteiger partial charge in [0.15, 0.2) is 17.9 Å². The standard InChI is InChI=1S/C11H16N2O2/c1-12(2)9-5-6-13(7-9)11-4-3-10(8-14)15-11/h3-4,8-9H,5-7H2,1-2H3. The molecule has 1 saturated heterocycles. The lowest BCUT2D eigenvalue weighted by Gasteiger charge is -2.19. The van der Waals surface area contributed by atoms with Gasteiger partial charge in [0.05, 0.1) is 0 Å². The summed E-state index contributed by atoms with van der Waals surface area (Å²) in [7, 11) is 4.18. The van der Waals surface area contributed by atoms with Crippen molar-refractivity contribution in [2.75, 3.05) is 32.1 Å². The van der Waals surface area contributed by atoms with Crippen LogP contribution in [0.4, 0.5) is 5.88 Å². The minimum atomic E-state index is 0.401. The first-order chi connectivity index (χ1) is 7.20. The number of furan rings is 1. The van der Waals surface area contributed by atoms with Crippen molar-refractivity contribution in [1.82, 2.24) is 4.90 Å². The normalized spacial score (nSPS) is 21.3. The Morgan fingerprint density at radius 1 is 1.53 bits per heavy atom. The molecule has 1 aromatic heterocycles. The number of nitrogens with zero attached hydrogens (tertiary/aromatic N) is 2. The number of aldehydes is 1. The zero-order valence-corrected chi connectivity index (χ0v) is 9.14. The Morgan fingerprint density at radius 2 is 2.33 bits per heavy atom. The molecule has 15 heavy (non-hydrogen) atoms. The Hall–Kier alpha value is -1.29. The van der Waals surface area contributed by atoms with E-state index in [-0.39, 0.29) is 0 Å². The van der Waals surface area contributed by atoms with E-state index in [1.54, 1.807) is 6.07 Å². The molecule has 2 heterocycles. The van der Waals surface area contributed by atoms with Gasteiger partial charge in [-0.05, 0) is 26.6 Å². The van der Waals surface area contributed by atoms with Gasteiger partial charge in [0.2, 0.25) is 0 Å². The van der Waals surface area contributed by atoms with Crippen LogP contribution in [0.15, 0.2) is 16.5 Å². The van der Waals surface area contributed by atoms with Gasteiger partial charge in [0, 0.05) is 25.2 Å². The summed E-state index contributed by atoms with van der Waals surface area (Å²) in [6, 6.07) is 4.15. The quantitative estimate of drug-likeness (QED) is 0.700. The summed E-state index contributed by atoms with van der Waals surface area (Å²) in [6.45, 7) is 1.97. The minimum Gasteiger partial charge on any atom is -0.438 e. The number of likely N-dealkylation sites (N-methyl/N-ethyl adjacent to an activating group) is 1. The van der Waals surface area contributed by atoms with E-state index in [1.807, 2.05) is 6.07 Å². The second-order valence-corrected chi connectivity index (χ2v) is 4.15. The summed E-state index contributed by atoms with van der Waals surface area (Å²) in [5.74, 6) is 1.21. The Morgan fingerprint density at radius 3 is 2.87 bits per heavy atom. The molecule has 0 amide bonds. The van der Waals surface area contributed by atoms with Crippen LogP contribution in [0, 0.1) is 0 Å². The Kier molecular flexibility index (Phi) is 2.77. The maximum absolute atomic E-state index is 10.5. The van der Waals surface area contributed by atoms with Crippen LogP contribution in [-0.2, 0) is 0 Å². The molecule has 1 fully saturated rings. The number of hydrogen-bond donors (Lipinski definition) is 0. The van der Waals surface area contributed by atoms with E-state index in [4.69, 9.17) is 4.42 Å². The molecular weight excluding hydrogens is 192 g/mol. The fourth-order valence-corrected chi connectivity index (χ4v) is 1.94. The molecule has 2 rings (SSSR count). The number of hydrogen-bond acceptors (Lipinski definition) is 4. The molecular formula is C11H16N2O2. The third-order valence-electron chi connectivity index (χ3n) is 2.93. The largest absolute Gasteiger partial charge is 0.438 e. The molecule has 1 aliphatic rings. The van der Waals surface area contributed by atoms with E-state index in [1.165, 1.54) is 0 Å². The summed E-state index contributed by atoms with van der Waals surface area (Å²) in [5.41, 5.74) is 0. The fraction of sp³-hybridized carbons (Fsp3) is 0.545. The van der Waals surface area contributed by atoms with E-state index in [9.17, 15) is 4.79 Å². The van der Waals surface area contributed by atoms with Crippen molar-refractivity contribution < 1.29 is 9.21 Å². The molecule has 0 spiro atoms. The highest BCUT2D eigenvalue weighted by Gasteiger charge is 2.25. The van der Waals surface area contributed by atoms with E-state index in [2.05, 4.69) is 23.9 Å². The zero-order valence-electron chi connectivity index (χ0n) is 9.14. The van der Waals surface area contributed by atoms with Crippen LogP contribution >= 0.6 is 0 Å². The van der Waals surface area contributed by atoms with Crippen LogP contribution in [0.1, 0.15) is 17.0 Å². The first-order valence-electron chi connectivity index (χ1n) is 5.17. The molecule has 1 unspecified atom stereocenters. The molecule has 0 N–H and O–H groups in total. The molecule has 0 saturated carbocycles. The molecule has 4 heteroatoms. The summed E-state index contributed by atoms with van der Waals surface area (Å²) in [5, 5.41) is 0. The second kappa shape index (κ2) is 4.06. The van der Waals surface area contributed by atoms with E-state index in [0.717, 1.165) is 31.7 Å². The highest BCUT2D eigenvalue weighted by molar-refractivity contribution is 5.71. The molecule has 0 bridgehead atoms. The van der Waals surface area contributed by atoms with Gasteiger partial charge >= 0.3 is 0 Å². The van der Waals surface area contributed by atoms with Gasteiger partial charge in [-0.3, -0.25) is 4.79 Å². The maximum atomic E-state index is 10.5. The van der Waals surface area contributed by atoms with Gasteiger partial charge in [0.25, 0.3) is 0 Å². The predicted octanol–water partition coefficient (Wildman–Crippen LogP) is 1.23. The molecule has 1 aromatic rings. The monoisotopic (exact) mass is 208 g/mol. The Labute approximate surface area is 89.5 Å². The number of anilines is 1. The van der Waals surface area contributed by atoms with Gasteiger partial charge in [-0.15, -0.1) is 0 Å². The first-order valence-corrected chi connectivity index (χ1v) is 5.17. The Balaban J connectivity index is 2.04. The zero-order chi connectivity index (χ0) is 10.8. The molecule has 1 aliphatic heterocycles. The lowest BCUT2D eigenvalue weighted by Crippen LogP contribution is -2.31. The average molecular weight is 208 g/mol. The second-order valence-electron chi connectivity index (χ2n) is 4.15. The lowest BCUT2D eigenvalue weighted by molar-refractivity contribution is 0.110. The van der Waals surface area contributed by atoms with Gasteiger partial charge < -0.3 is 14.2 Å². The molecule has 0 radical (unpaired) electrons. The van der Waals surface area contributed by atoms with Crippen molar-refractivity contribution in [3.8, 4) is 0 Å². The van der Waals surface area contributed by atoms with Crippen LogP contribution in [0.3, 0.4) is 0 Å². The number of rotatable bonds is 3. The molecule has 0 aromatic carbocycles. The molecule has 4 nitrogen and oxygen atoms in total. The summed E-state index contributed by atoms with van der Waals surface area (Å²) in [6.07, 6.45) is 1.88. The third-order valence-corrected chi connectivity index (χ3v) is 2.93. The maximum Gasteiger partial charge on any atom is 0.196 e.